The standard InChI is InChI=1S/C21H24N2O2/c1-15-7-5-6-8-16(15)12-23-13-18-11-19(20(14-23)25-18)21(24)22-17-9-3-2-4-10-17/h2-10,18-20H,11-14H2,1H3,(H,22,24)/t18-,19+,20-/m0/s1. The van der Waals surface area contributed by atoms with Crippen molar-refractivity contribution in [3.8, 4) is 0 Å². The Labute approximate surface area is 148 Å². The van der Waals surface area contributed by atoms with Gasteiger partial charge < -0.3 is 10.1 Å². The number of nitrogens with zero attached hydrogens (tertiary/aromatic N) is 1. The minimum atomic E-state index is -0.0629. The van der Waals surface area contributed by atoms with Gasteiger partial charge in [0.15, 0.2) is 0 Å². The number of rotatable bonds is 4. The number of carbonyl (C=O) groups is 1. The zero-order valence-electron chi connectivity index (χ0n) is 14.5. The van der Waals surface area contributed by atoms with Gasteiger partial charge in [-0.2, -0.15) is 0 Å². The molecule has 25 heavy (non-hydrogen) atoms. The maximum Gasteiger partial charge on any atom is 0.230 e. The number of hydrogen-bond donors (Lipinski definition) is 1. The Balaban J connectivity index is 1.40. The normalized spacial score (nSPS) is 25.7. The number of para-hydroxylation sites is 1. The van der Waals surface area contributed by atoms with Gasteiger partial charge in [-0.15, -0.1) is 0 Å². The third-order valence-corrected chi connectivity index (χ3v) is 5.27. The van der Waals surface area contributed by atoms with Crippen molar-refractivity contribution in [3.63, 3.8) is 0 Å². The maximum absolute atomic E-state index is 12.7. The summed E-state index contributed by atoms with van der Waals surface area (Å²) in [6.07, 6.45) is 0.967. The molecular weight excluding hydrogens is 312 g/mol. The van der Waals surface area contributed by atoms with Gasteiger partial charge in [-0.25, -0.2) is 0 Å². The number of hydrogen-bond acceptors (Lipinski definition) is 3. The number of amides is 1. The first kappa shape index (κ1) is 16.3. The largest absolute Gasteiger partial charge is 0.371 e. The van der Waals surface area contributed by atoms with E-state index in [1.807, 2.05) is 30.3 Å². The Morgan fingerprint density at radius 2 is 1.88 bits per heavy atom. The third-order valence-electron chi connectivity index (χ3n) is 5.27. The lowest BCUT2D eigenvalue weighted by molar-refractivity contribution is -0.123. The number of likely N-dealkylation sites (tertiary alicyclic amines) is 1. The van der Waals surface area contributed by atoms with Crippen LogP contribution in [0.1, 0.15) is 17.5 Å². The molecule has 0 unspecified atom stereocenters. The first-order valence-electron chi connectivity index (χ1n) is 8.97. The van der Waals surface area contributed by atoms with E-state index in [-0.39, 0.29) is 24.0 Å². The van der Waals surface area contributed by atoms with Gasteiger partial charge in [0.05, 0.1) is 18.1 Å². The van der Waals surface area contributed by atoms with Crippen molar-refractivity contribution < 1.29 is 9.53 Å². The van der Waals surface area contributed by atoms with Gasteiger partial charge in [0, 0.05) is 25.3 Å². The summed E-state index contributed by atoms with van der Waals surface area (Å²) in [5.41, 5.74) is 3.53. The highest BCUT2D eigenvalue weighted by atomic mass is 16.5. The first-order valence-corrected chi connectivity index (χ1v) is 8.97. The van der Waals surface area contributed by atoms with E-state index in [9.17, 15) is 4.79 Å². The quantitative estimate of drug-likeness (QED) is 0.932. The summed E-state index contributed by atoms with van der Waals surface area (Å²) in [4.78, 5) is 15.1. The van der Waals surface area contributed by atoms with Crippen LogP contribution in [0, 0.1) is 12.8 Å². The monoisotopic (exact) mass is 336 g/mol. The Morgan fingerprint density at radius 1 is 1.12 bits per heavy atom. The molecule has 0 aliphatic carbocycles. The molecule has 0 spiro atoms. The molecular formula is C21H24N2O2. The maximum atomic E-state index is 12.7. The molecule has 4 nitrogen and oxygen atoms in total. The summed E-state index contributed by atoms with van der Waals surface area (Å²) in [5.74, 6) is 0.0171. The molecule has 2 aromatic rings. The molecule has 4 heteroatoms. The second-order valence-electron chi connectivity index (χ2n) is 7.11. The second kappa shape index (κ2) is 6.98. The fraction of sp³-hybridized carbons (Fsp3) is 0.381. The molecule has 2 saturated heterocycles. The Hall–Kier alpha value is -2.17. The minimum Gasteiger partial charge on any atom is -0.371 e. The van der Waals surface area contributed by atoms with Gasteiger partial charge in [-0.3, -0.25) is 9.69 Å². The topological polar surface area (TPSA) is 41.6 Å². The summed E-state index contributed by atoms with van der Waals surface area (Å²) in [5, 5.41) is 3.03. The van der Waals surface area contributed by atoms with Crippen LogP contribution < -0.4 is 5.32 Å². The molecule has 2 heterocycles. The molecule has 0 saturated carbocycles. The number of morpholine rings is 1. The van der Waals surface area contributed by atoms with Crippen LogP contribution in [0.15, 0.2) is 54.6 Å². The van der Waals surface area contributed by atoms with E-state index in [1.54, 1.807) is 0 Å². The second-order valence-corrected chi connectivity index (χ2v) is 7.11. The van der Waals surface area contributed by atoms with Crippen molar-refractivity contribution >= 4 is 11.6 Å². The molecule has 2 aliphatic rings. The molecule has 4 rings (SSSR count). The van der Waals surface area contributed by atoms with E-state index in [2.05, 4.69) is 41.4 Å². The van der Waals surface area contributed by atoms with Gasteiger partial charge in [0.1, 0.15) is 0 Å². The van der Waals surface area contributed by atoms with Crippen molar-refractivity contribution in [1.29, 1.82) is 0 Å². The highest BCUT2D eigenvalue weighted by Crippen LogP contribution is 2.33. The molecule has 2 aromatic carbocycles. The lowest BCUT2D eigenvalue weighted by atomic mass is 9.99. The first-order chi connectivity index (χ1) is 12.2. The summed E-state index contributed by atoms with van der Waals surface area (Å²) >= 11 is 0. The molecule has 1 N–H and O–H groups in total. The van der Waals surface area contributed by atoms with E-state index in [0.717, 1.165) is 31.7 Å². The number of nitrogens with one attached hydrogen (secondary N) is 1. The molecule has 3 atom stereocenters. The van der Waals surface area contributed by atoms with Crippen LogP contribution in [0.5, 0.6) is 0 Å². The van der Waals surface area contributed by atoms with Crippen molar-refractivity contribution in [1.82, 2.24) is 4.90 Å². The van der Waals surface area contributed by atoms with Crippen LogP contribution in [0.25, 0.3) is 0 Å². The number of benzene rings is 2. The van der Waals surface area contributed by atoms with Crippen LogP contribution in [0.4, 0.5) is 5.69 Å². The summed E-state index contributed by atoms with van der Waals surface area (Å²) in [7, 11) is 0. The smallest absolute Gasteiger partial charge is 0.230 e. The van der Waals surface area contributed by atoms with Crippen molar-refractivity contribution in [3.05, 3.63) is 65.7 Å². The number of aryl methyl sites for hydroxylation is 1. The fourth-order valence-corrected chi connectivity index (χ4v) is 3.93. The van der Waals surface area contributed by atoms with E-state index >= 15 is 0 Å². The molecule has 0 aromatic heterocycles. The van der Waals surface area contributed by atoms with Gasteiger partial charge >= 0.3 is 0 Å². The fourth-order valence-electron chi connectivity index (χ4n) is 3.93. The van der Waals surface area contributed by atoms with Gasteiger partial charge in [0.2, 0.25) is 5.91 Å². The Bertz CT molecular complexity index is 747. The number of anilines is 1. The third kappa shape index (κ3) is 3.60. The Morgan fingerprint density at radius 3 is 2.68 bits per heavy atom. The average Bonchev–Trinajstić information content (AvgIpc) is 2.92. The molecule has 1 amide bonds. The van der Waals surface area contributed by atoms with Crippen molar-refractivity contribution in [2.45, 2.75) is 32.1 Å². The van der Waals surface area contributed by atoms with Crippen LogP contribution in [0.3, 0.4) is 0 Å². The van der Waals surface area contributed by atoms with E-state index in [0.29, 0.717) is 0 Å². The molecule has 2 fully saturated rings. The highest BCUT2D eigenvalue weighted by Gasteiger charge is 2.44. The van der Waals surface area contributed by atoms with Gasteiger partial charge in [-0.1, -0.05) is 42.5 Å². The summed E-state index contributed by atoms with van der Waals surface area (Å²) in [6.45, 7) is 4.80. The summed E-state index contributed by atoms with van der Waals surface area (Å²) in [6, 6.07) is 18.2. The zero-order valence-corrected chi connectivity index (χ0v) is 14.5. The molecule has 2 aliphatic heterocycles. The van der Waals surface area contributed by atoms with Gasteiger partial charge in [-0.05, 0) is 36.6 Å². The predicted octanol–water partition coefficient (Wildman–Crippen LogP) is 3.22. The zero-order chi connectivity index (χ0) is 17.2. The predicted molar refractivity (Wildman–Crippen MR) is 98.3 cm³/mol. The van der Waals surface area contributed by atoms with Crippen LogP contribution in [-0.4, -0.2) is 36.1 Å². The van der Waals surface area contributed by atoms with E-state index in [1.165, 1.54) is 11.1 Å². The van der Waals surface area contributed by atoms with Crippen molar-refractivity contribution in [2.24, 2.45) is 5.92 Å². The number of carbonyl (C=O) groups excluding carboxylic acids is 1. The minimum absolute atomic E-state index is 0.00789. The highest BCUT2D eigenvalue weighted by molar-refractivity contribution is 5.93. The SMILES string of the molecule is Cc1ccccc1CN1C[C@@H]2C[C@@H](C(=O)Nc3ccccc3)[C@H](C1)O2. The lowest BCUT2D eigenvalue weighted by Gasteiger charge is -2.33. The van der Waals surface area contributed by atoms with Crippen LogP contribution in [-0.2, 0) is 16.1 Å². The molecule has 2 bridgehead atoms. The van der Waals surface area contributed by atoms with Gasteiger partial charge in [0.25, 0.3) is 0 Å². The van der Waals surface area contributed by atoms with E-state index in [4.69, 9.17) is 4.74 Å². The number of fused-ring (bicyclic) bond motifs is 2. The van der Waals surface area contributed by atoms with Crippen molar-refractivity contribution in [2.75, 3.05) is 18.4 Å². The average molecular weight is 336 g/mol. The van der Waals surface area contributed by atoms with E-state index < -0.39 is 0 Å². The number of ether oxygens (including phenoxy) is 1. The summed E-state index contributed by atoms with van der Waals surface area (Å²) < 4.78 is 6.06. The lowest BCUT2D eigenvalue weighted by Crippen LogP contribution is -2.44. The van der Waals surface area contributed by atoms with Crippen LogP contribution >= 0.6 is 0 Å². The van der Waals surface area contributed by atoms with Crippen LogP contribution in [0.2, 0.25) is 0 Å². The molecule has 130 valence electrons. The molecule has 0 radical (unpaired) electrons. The Kier molecular flexibility index (Phi) is 4.55.